The van der Waals surface area contributed by atoms with Gasteiger partial charge in [0.05, 0.1) is 17.1 Å². The topological polar surface area (TPSA) is 46.6 Å². The third-order valence-corrected chi connectivity index (χ3v) is 6.35. The molecule has 6 heteroatoms. The van der Waals surface area contributed by atoms with E-state index in [1.807, 2.05) is 36.4 Å². The van der Waals surface area contributed by atoms with Gasteiger partial charge in [0.15, 0.2) is 0 Å². The zero-order valence-electron chi connectivity index (χ0n) is 18.0. The maximum atomic E-state index is 13.3. The van der Waals surface area contributed by atoms with Gasteiger partial charge in [-0.05, 0) is 54.8 Å². The van der Waals surface area contributed by atoms with Crippen molar-refractivity contribution in [3.05, 3.63) is 64.0 Å². The molecule has 1 aliphatic heterocycles. The summed E-state index contributed by atoms with van der Waals surface area (Å²) in [5.74, 6) is 0.314. The molecule has 31 heavy (non-hydrogen) atoms. The van der Waals surface area contributed by atoms with Gasteiger partial charge in [0, 0.05) is 16.5 Å². The van der Waals surface area contributed by atoms with Crippen molar-refractivity contribution in [1.29, 1.82) is 0 Å². The average Bonchev–Trinajstić information content (AvgIpc) is 3.01. The second-order valence-corrected chi connectivity index (χ2v) is 8.98. The van der Waals surface area contributed by atoms with Crippen LogP contribution in [0, 0.1) is 0 Å². The molecule has 0 atom stereocenters. The molecule has 0 radical (unpaired) electrons. The van der Waals surface area contributed by atoms with Crippen molar-refractivity contribution in [2.45, 2.75) is 50.8 Å². The smallest absolute Gasteiger partial charge is 0.268 e. The number of hydrogen-bond donors (Lipinski definition) is 0. The zero-order chi connectivity index (χ0) is 22.2. The van der Waals surface area contributed by atoms with Gasteiger partial charge in [-0.2, -0.15) is 0 Å². The SMILES string of the molecule is CCCCCCN1C(=O)C(Sc2ccc(Cl)cc2)=C(c2ccc(OCCC)cc2)C1=O. The van der Waals surface area contributed by atoms with Gasteiger partial charge in [0.1, 0.15) is 5.75 Å². The van der Waals surface area contributed by atoms with Gasteiger partial charge < -0.3 is 4.74 Å². The van der Waals surface area contributed by atoms with Crippen LogP contribution in [0.3, 0.4) is 0 Å². The van der Waals surface area contributed by atoms with Gasteiger partial charge >= 0.3 is 0 Å². The third-order valence-electron chi connectivity index (χ3n) is 5.01. The van der Waals surface area contributed by atoms with Crippen molar-refractivity contribution in [2.24, 2.45) is 0 Å². The molecule has 0 bridgehead atoms. The summed E-state index contributed by atoms with van der Waals surface area (Å²) >= 11 is 7.32. The van der Waals surface area contributed by atoms with Gasteiger partial charge in [-0.15, -0.1) is 0 Å². The number of amides is 2. The fourth-order valence-electron chi connectivity index (χ4n) is 3.36. The molecule has 0 saturated carbocycles. The number of nitrogens with zero attached hydrogens (tertiary/aromatic N) is 1. The normalized spacial score (nSPS) is 14.0. The predicted molar refractivity (Wildman–Crippen MR) is 127 cm³/mol. The highest BCUT2D eigenvalue weighted by Gasteiger charge is 2.39. The molecular formula is C25H28ClNO3S. The van der Waals surface area contributed by atoms with E-state index in [2.05, 4.69) is 13.8 Å². The van der Waals surface area contributed by atoms with Crippen molar-refractivity contribution in [1.82, 2.24) is 4.90 Å². The number of hydrogen-bond acceptors (Lipinski definition) is 4. The largest absolute Gasteiger partial charge is 0.494 e. The second kappa shape index (κ2) is 11.4. The van der Waals surface area contributed by atoms with E-state index in [0.29, 0.717) is 28.7 Å². The molecule has 0 aromatic heterocycles. The number of carbonyl (C=O) groups is 2. The minimum absolute atomic E-state index is 0.220. The molecule has 0 spiro atoms. The van der Waals surface area contributed by atoms with Crippen LogP contribution < -0.4 is 4.74 Å². The van der Waals surface area contributed by atoms with E-state index in [1.165, 1.54) is 16.7 Å². The van der Waals surface area contributed by atoms with Crippen LogP contribution in [0.4, 0.5) is 0 Å². The number of benzene rings is 2. The van der Waals surface area contributed by atoms with E-state index in [0.717, 1.165) is 48.3 Å². The highest BCUT2D eigenvalue weighted by Crippen LogP contribution is 2.40. The molecule has 2 aromatic rings. The Labute approximate surface area is 193 Å². The molecule has 4 nitrogen and oxygen atoms in total. The number of halogens is 1. The predicted octanol–water partition coefficient (Wildman–Crippen LogP) is 6.58. The third kappa shape index (κ3) is 5.92. The number of ether oxygens (including phenoxy) is 1. The van der Waals surface area contributed by atoms with Crippen molar-refractivity contribution >= 4 is 40.8 Å². The van der Waals surface area contributed by atoms with Gasteiger partial charge in [-0.25, -0.2) is 0 Å². The molecule has 0 saturated heterocycles. The summed E-state index contributed by atoms with van der Waals surface area (Å²) in [7, 11) is 0. The Hall–Kier alpha value is -2.24. The van der Waals surface area contributed by atoms with Crippen LogP contribution in [0.25, 0.3) is 5.57 Å². The number of rotatable bonds is 11. The Morgan fingerprint density at radius 3 is 2.23 bits per heavy atom. The highest BCUT2D eigenvalue weighted by molar-refractivity contribution is 8.04. The molecule has 2 amide bonds. The Morgan fingerprint density at radius 1 is 0.871 bits per heavy atom. The zero-order valence-corrected chi connectivity index (χ0v) is 19.6. The summed E-state index contributed by atoms with van der Waals surface area (Å²) in [5, 5.41) is 0.632. The first-order chi connectivity index (χ1) is 15.0. The molecule has 2 aromatic carbocycles. The highest BCUT2D eigenvalue weighted by atomic mass is 35.5. The summed E-state index contributed by atoms with van der Waals surface area (Å²) in [6.07, 6.45) is 4.96. The second-order valence-electron chi connectivity index (χ2n) is 7.46. The van der Waals surface area contributed by atoms with E-state index in [-0.39, 0.29) is 11.8 Å². The van der Waals surface area contributed by atoms with Crippen molar-refractivity contribution in [3.63, 3.8) is 0 Å². The first-order valence-corrected chi connectivity index (χ1v) is 12.0. The van der Waals surface area contributed by atoms with E-state index >= 15 is 0 Å². The lowest BCUT2D eigenvalue weighted by atomic mass is 10.1. The molecule has 0 unspecified atom stereocenters. The first kappa shape index (κ1) is 23.4. The number of imide groups is 1. The van der Waals surface area contributed by atoms with E-state index in [9.17, 15) is 9.59 Å². The van der Waals surface area contributed by atoms with Gasteiger partial charge in [0.2, 0.25) is 0 Å². The van der Waals surface area contributed by atoms with E-state index in [4.69, 9.17) is 16.3 Å². The van der Waals surface area contributed by atoms with Crippen LogP contribution in [0.2, 0.25) is 5.02 Å². The summed E-state index contributed by atoms with van der Waals surface area (Å²) in [4.78, 5) is 29.2. The minimum atomic E-state index is -0.222. The monoisotopic (exact) mass is 457 g/mol. The lowest BCUT2D eigenvalue weighted by Crippen LogP contribution is -2.32. The molecular weight excluding hydrogens is 430 g/mol. The molecule has 1 heterocycles. The molecule has 0 aliphatic carbocycles. The van der Waals surface area contributed by atoms with Crippen LogP contribution in [0.5, 0.6) is 5.75 Å². The molecule has 0 N–H and O–H groups in total. The number of carbonyl (C=O) groups excluding carboxylic acids is 2. The summed E-state index contributed by atoms with van der Waals surface area (Å²) in [6.45, 7) is 5.28. The summed E-state index contributed by atoms with van der Waals surface area (Å²) < 4.78 is 5.66. The quantitative estimate of drug-likeness (QED) is 0.282. The number of thioether (sulfide) groups is 1. The standard InChI is InChI=1S/C25H28ClNO3S/c1-3-5-6-7-16-27-24(28)22(18-8-12-20(13-9-18)30-17-4-2)23(25(27)29)31-21-14-10-19(26)11-15-21/h8-15H,3-7,16-17H2,1-2H3. The van der Waals surface area contributed by atoms with Crippen LogP contribution >= 0.6 is 23.4 Å². The number of unbranched alkanes of at least 4 members (excludes halogenated alkanes) is 3. The van der Waals surface area contributed by atoms with Gasteiger partial charge in [-0.3, -0.25) is 14.5 Å². The Kier molecular flexibility index (Phi) is 8.61. The van der Waals surface area contributed by atoms with Crippen LogP contribution in [-0.4, -0.2) is 29.9 Å². The fourth-order valence-corrected chi connectivity index (χ4v) is 4.50. The lowest BCUT2D eigenvalue weighted by molar-refractivity contribution is -0.136. The van der Waals surface area contributed by atoms with Gasteiger partial charge in [-0.1, -0.05) is 68.6 Å². The molecule has 0 fully saturated rings. The lowest BCUT2D eigenvalue weighted by Gasteiger charge is -2.15. The average molecular weight is 458 g/mol. The van der Waals surface area contributed by atoms with Crippen LogP contribution in [0.15, 0.2) is 58.3 Å². The van der Waals surface area contributed by atoms with E-state index < -0.39 is 0 Å². The summed E-state index contributed by atoms with van der Waals surface area (Å²) in [5.41, 5.74) is 1.19. The van der Waals surface area contributed by atoms with E-state index in [1.54, 1.807) is 12.1 Å². The summed E-state index contributed by atoms with van der Waals surface area (Å²) in [6, 6.07) is 14.7. The van der Waals surface area contributed by atoms with Crippen molar-refractivity contribution in [3.8, 4) is 5.75 Å². The fraction of sp³-hybridized carbons (Fsp3) is 0.360. The maximum Gasteiger partial charge on any atom is 0.268 e. The Balaban J connectivity index is 1.89. The van der Waals surface area contributed by atoms with Crippen LogP contribution in [0.1, 0.15) is 51.5 Å². The van der Waals surface area contributed by atoms with Crippen LogP contribution in [-0.2, 0) is 9.59 Å². The van der Waals surface area contributed by atoms with Crippen molar-refractivity contribution in [2.75, 3.05) is 13.2 Å². The van der Waals surface area contributed by atoms with Crippen molar-refractivity contribution < 1.29 is 14.3 Å². The molecule has 1 aliphatic rings. The van der Waals surface area contributed by atoms with Gasteiger partial charge in [0.25, 0.3) is 11.8 Å². The maximum absolute atomic E-state index is 13.3. The minimum Gasteiger partial charge on any atom is -0.494 e. The Bertz CT molecular complexity index is 938. The Morgan fingerprint density at radius 2 is 1.58 bits per heavy atom. The molecule has 3 rings (SSSR count). The first-order valence-electron chi connectivity index (χ1n) is 10.8. The molecule has 164 valence electrons.